The molecule has 0 spiro atoms. The molecule has 2 amide bonds. The molecule has 1 heterocycles. The van der Waals surface area contributed by atoms with Gasteiger partial charge in [-0.25, -0.2) is 4.39 Å². The molecule has 1 aliphatic heterocycles. The van der Waals surface area contributed by atoms with Crippen molar-refractivity contribution in [1.82, 2.24) is 9.80 Å². The zero-order valence-electron chi connectivity index (χ0n) is 13.7. The van der Waals surface area contributed by atoms with Gasteiger partial charge in [-0.2, -0.15) is 0 Å². The van der Waals surface area contributed by atoms with Crippen molar-refractivity contribution in [3.63, 3.8) is 0 Å². The first-order valence-electron chi connectivity index (χ1n) is 7.90. The van der Waals surface area contributed by atoms with Gasteiger partial charge < -0.3 is 14.5 Å². The predicted molar refractivity (Wildman–Crippen MR) is 84.8 cm³/mol. The monoisotopic (exact) mass is 336 g/mol. The fraction of sp³-hybridized carbons (Fsp3) is 0.471. The first-order valence-corrected chi connectivity index (χ1v) is 7.90. The van der Waals surface area contributed by atoms with Crippen LogP contribution in [0.15, 0.2) is 24.3 Å². The Morgan fingerprint density at radius 1 is 1.08 bits per heavy atom. The van der Waals surface area contributed by atoms with Gasteiger partial charge in [-0.05, 0) is 24.6 Å². The summed E-state index contributed by atoms with van der Waals surface area (Å²) < 4.78 is 17.8. The molecule has 0 bridgehead atoms. The average Bonchev–Trinajstić information content (AvgIpc) is 2.84. The average molecular weight is 336 g/mol. The van der Waals surface area contributed by atoms with Crippen molar-refractivity contribution < 1.29 is 23.5 Å². The van der Waals surface area contributed by atoms with Crippen LogP contribution >= 0.6 is 0 Å². The van der Waals surface area contributed by atoms with Gasteiger partial charge in [-0.1, -0.05) is 6.07 Å². The first-order chi connectivity index (χ1) is 11.5. The predicted octanol–water partition coefficient (Wildman–Crippen LogP) is 1.45. The van der Waals surface area contributed by atoms with E-state index in [1.807, 2.05) is 0 Å². The lowest BCUT2D eigenvalue weighted by atomic mass is 10.2. The Kier molecular flexibility index (Phi) is 6.28. The van der Waals surface area contributed by atoms with E-state index in [4.69, 9.17) is 0 Å². The SMILES string of the molecule is COC(=O)CCC(=O)N1CCCN(C(=O)c2cccc(F)c2)CC1. The van der Waals surface area contributed by atoms with E-state index in [9.17, 15) is 18.8 Å². The van der Waals surface area contributed by atoms with E-state index >= 15 is 0 Å². The molecular formula is C17H21FN2O4. The fourth-order valence-corrected chi connectivity index (χ4v) is 2.64. The molecule has 1 aromatic rings. The number of amides is 2. The van der Waals surface area contributed by atoms with E-state index in [1.165, 1.54) is 25.3 Å². The van der Waals surface area contributed by atoms with Crippen molar-refractivity contribution in [2.75, 3.05) is 33.3 Å². The fourth-order valence-electron chi connectivity index (χ4n) is 2.64. The number of methoxy groups -OCH3 is 1. The lowest BCUT2D eigenvalue weighted by Gasteiger charge is -2.22. The number of nitrogens with zero attached hydrogens (tertiary/aromatic N) is 2. The highest BCUT2D eigenvalue weighted by atomic mass is 19.1. The molecular weight excluding hydrogens is 315 g/mol. The Balaban J connectivity index is 1.91. The molecule has 1 saturated heterocycles. The number of ether oxygens (including phenoxy) is 1. The molecule has 130 valence electrons. The van der Waals surface area contributed by atoms with Gasteiger partial charge in [0.1, 0.15) is 5.82 Å². The second-order valence-electron chi connectivity index (χ2n) is 5.61. The van der Waals surface area contributed by atoms with Crippen LogP contribution < -0.4 is 0 Å². The van der Waals surface area contributed by atoms with Crippen molar-refractivity contribution >= 4 is 17.8 Å². The van der Waals surface area contributed by atoms with E-state index in [0.29, 0.717) is 38.2 Å². The van der Waals surface area contributed by atoms with Crippen LogP contribution in [0.4, 0.5) is 4.39 Å². The molecule has 0 atom stereocenters. The third kappa shape index (κ3) is 4.78. The Hall–Kier alpha value is -2.44. The Labute approximate surface area is 140 Å². The summed E-state index contributed by atoms with van der Waals surface area (Å²) in [5.41, 5.74) is 0.306. The first kappa shape index (κ1) is 17.9. The molecule has 0 unspecified atom stereocenters. The number of hydrogen-bond acceptors (Lipinski definition) is 4. The molecule has 0 radical (unpaired) electrons. The molecule has 7 heteroatoms. The van der Waals surface area contributed by atoms with Crippen molar-refractivity contribution in [2.45, 2.75) is 19.3 Å². The largest absolute Gasteiger partial charge is 0.469 e. The quantitative estimate of drug-likeness (QED) is 0.781. The number of halogens is 1. The summed E-state index contributed by atoms with van der Waals surface area (Å²) in [5.74, 6) is -1.23. The summed E-state index contributed by atoms with van der Waals surface area (Å²) in [6.45, 7) is 1.84. The lowest BCUT2D eigenvalue weighted by molar-refractivity contribution is -0.143. The van der Waals surface area contributed by atoms with Gasteiger partial charge in [-0.3, -0.25) is 14.4 Å². The molecule has 0 aromatic heterocycles. The van der Waals surface area contributed by atoms with Crippen LogP contribution in [0.5, 0.6) is 0 Å². The number of hydrogen-bond donors (Lipinski definition) is 0. The zero-order chi connectivity index (χ0) is 17.5. The number of esters is 1. The molecule has 0 N–H and O–H groups in total. The maximum Gasteiger partial charge on any atom is 0.306 e. The summed E-state index contributed by atoms with van der Waals surface area (Å²) in [6, 6.07) is 5.59. The van der Waals surface area contributed by atoms with E-state index in [-0.39, 0.29) is 24.7 Å². The Morgan fingerprint density at radius 3 is 2.50 bits per heavy atom. The van der Waals surface area contributed by atoms with Crippen LogP contribution in [-0.4, -0.2) is 60.9 Å². The van der Waals surface area contributed by atoms with Crippen LogP contribution in [0.2, 0.25) is 0 Å². The van der Waals surface area contributed by atoms with Gasteiger partial charge >= 0.3 is 5.97 Å². The molecule has 24 heavy (non-hydrogen) atoms. The summed E-state index contributed by atoms with van der Waals surface area (Å²) in [7, 11) is 1.29. The van der Waals surface area contributed by atoms with Crippen molar-refractivity contribution in [3.8, 4) is 0 Å². The van der Waals surface area contributed by atoms with E-state index < -0.39 is 11.8 Å². The second-order valence-corrected chi connectivity index (χ2v) is 5.61. The Morgan fingerprint density at radius 2 is 1.79 bits per heavy atom. The van der Waals surface area contributed by atoms with Crippen molar-refractivity contribution in [3.05, 3.63) is 35.6 Å². The highest BCUT2D eigenvalue weighted by molar-refractivity contribution is 5.94. The van der Waals surface area contributed by atoms with Crippen molar-refractivity contribution in [1.29, 1.82) is 0 Å². The van der Waals surface area contributed by atoms with E-state index in [0.717, 1.165) is 0 Å². The van der Waals surface area contributed by atoms with Gasteiger partial charge in [-0.15, -0.1) is 0 Å². The standard InChI is InChI=1S/C17H21FN2O4/c1-24-16(22)7-6-15(21)19-8-3-9-20(11-10-19)17(23)13-4-2-5-14(18)12-13/h2,4-5,12H,3,6-11H2,1H3. The minimum Gasteiger partial charge on any atom is -0.469 e. The minimum absolute atomic E-state index is 0.0533. The Bertz CT molecular complexity index is 620. The number of benzene rings is 1. The summed E-state index contributed by atoms with van der Waals surface area (Å²) in [6.07, 6.45) is 0.799. The maximum absolute atomic E-state index is 13.3. The van der Waals surface area contributed by atoms with Gasteiger partial charge in [0.15, 0.2) is 0 Å². The van der Waals surface area contributed by atoms with Crippen molar-refractivity contribution in [2.24, 2.45) is 0 Å². The van der Waals surface area contributed by atoms with Gasteiger partial charge in [0.25, 0.3) is 5.91 Å². The topological polar surface area (TPSA) is 66.9 Å². The van der Waals surface area contributed by atoms with Crippen LogP contribution in [0.3, 0.4) is 0 Å². The molecule has 2 rings (SSSR count). The summed E-state index contributed by atoms with van der Waals surface area (Å²) in [4.78, 5) is 39.0. The molecule has 0 saturated carbocycles. The highest BCUT2D eigenvalue weighted by Gasteiger charge is 2.23. The lowest BCUT2D eigenvalue weighted by Crippen LogP contribution is -2.37. The van der Waals surface area contributed by atoms with Crippen LogP contribution in [0.1, 0.15) is 29.6 Å². The number of carbonyl (C=O) groups excluding carboxylic acids is 3. The molecule has 1 aromatic carbocycles. The smallest absolute Gasteiger partial charge is 0.306 e. The normalized spacial score (nSPS) is 14.9. The summed E-state index contributed by atoms with van der Waals surface area (Å²) >= 11 is 0. The van der Waals surface area contributed by atoms with E-state index in [1.54, 1.807) is 15.9 Å². The molecule has 1 aliphatic rings. The number of carbonyl (C=O) groups is 3. The third-order valence-electron chi connectivity index (χ3n) is 3.98. The highest BCUT2D eigenvalue weighted by Crippen LogP contribution is 2.12. The van der Waals surface area contributed by atoms with Crippen LogP contribution in [0, 0.1) is 5.82 Å². The van der Waals surface area contributed by atoms with Gasteiger partial charge in [0, 0.05) is 38.2 Å². The molecule has 1 fully saturated rings. The van der Waals surface area contributed by atoms with Crippen LogP contribution in [0.25, 0.3) is 0 Å². The second kappa shape index (κ2) is 8.42. The van der Waals surface area contributed by atoms with Gasteiger partial charge in [0.2, 0.25) is 5.91 Å². The van der Waals surface area contributed by atoms with E-state index in [2.05, 4.69) is 4.74 Å². The molecule has 6 nitrogen and oxygen atoms in total. The maximum atomic E-state index is 13.3. The number of rotatable bonds is 4. The molecule has 0 aliphatic carbocycles. The van der Waals surface area contributed by atoms with Gasteiger partial charge in [0.05, 0.1) is 13.5 Å². The minimum atomic E-state index is -0.449. The van der Waals surface area contributed by atoms with Crippen LogP contribution in [-0.2, 0) is 14.3 Å². The third-order valence-corrected chi connectivity index (χ3v) is 3.98. The zero-order valence-corrected chi connectivity index (χ0v) is 13.7. The summed E-state index contributed by atoms with van der Waals surface area (Å²) in [5, 5.41) is 0.